The largest absolute Gasteiger partial charge is 0.369 e. The summed E-state index contributed by atoms with van der Waals surface area (Å²) in [5, 5.41) is 0. The van der Waals surface area contributed by atoms with E-state index in [0.717, 1.165) is 22.6 Å². The zero-order valence-electron chi connectivity index (χ0n) is 10.2. The predicted octanol–water partition coefficient (Wildman–Crippen LogP) is 1.74. The van der Waals surface area contributed by atoms with Gasteiger partial charge in [-0.3, -0.25) is 14.8 Å². The minimum absolute atomic E-state index is 0.388. The third-order valence-electron chi connectivity index (χ3n) is 3.19. The molecule has 1 aliphatic rings. The normalized spacial score (nSPS) is 14.9. The van der Waals surface area contributed by atoms with Crippen LogP contribution in [0, 0.1) is 0 Å². The van der Waals surface area contributed by atoms with E-state index in [9.17, 15) is 4.79 Å². The van der Waals surface area contributed by atoms with Crippen molar-refractivity contribution in [3.63, 3.8) is 0 Å². The van der Waals surface area contributed by atoms with Gasteiger partial charge >= 0.3 is 0 Å². The number of hydrogen-bond acceptors (Lipinski definition) is 4. The van der Waals surface area contributed by atoms with E-state index in [0.29, 0.717) is 5.69 Å². The Balaban J connectivity index is 2.12. The number of hydrogen-bond donors (Lipinski definition) is 1. The van der Waals surface area contributed by atoms with E-state index in [2.05, 4.69) is 9.97 Å². The van der Waals surface area contributed by atoms with E-state index in [4.69, 9.17) is 5.73 Å². The fourth-order valence-electron chi connectivity index (χ4n) is 2.34. The molecule has 0 aliphatic carbocycles. The van der Waals surface area contributed by atoms with Gasteiger partial charge in [0.2, 0.25) is 5.91 Å². The summed E-state index contributed by atoms with van der Waals surface area (Å²) in [5.74, 6) is 0.123. The summed E-state index contributed by atoms with van der Waals surface area (Å²) in [6.07, 6.45) is 6.28. The first-order valence-corrected chi connectivity index (χ1v) is 7.06. The highest BCUT2D eigenvalue weighted by Gasteiger charge is 2.27. The Hall–Kier alpha value is -1.88. The lowest BCUT2D eigenvalue weighted by Crippen LogP contribution is -2.24. The molecule has 0 radical (unpaired) electrons. The molecule has 4 nitrogen and oxygen atoms in total. The van der Waals surface area contributed by atoms with Gasteiger partial charge in [-0.2, -0.15) is 0 Å². The van der Waals surface area contributed by atoms with Gasteiger partial charge in [0.1, 0.15) is 5.92 Å². The summed E-state index contributed by atoms with van der Waals surface area (Å²) >= 11 is 1.76. The van der Waals surface area contributed by atoms with E-state index >= 15 is 0 Å². The smallest absolute Gasteiger partial charge is 0.231 e. The minimum Gasteiger partial charge on any atom is -0.369 e. The standard InChI is InChI=1S/C14H13N3OS/c15-14(18)12(11-3-1-2-5-17-11)10-8-16-7-9-4-6-19-13(9)10/h1-3,5,7-8,12H,4,6H2,(H2,15,18). The first kappa shape index (κ1) is 12.2. The van der Waals surface area contributed by atoms with Gasteiger partial charge in [0.15, 0.2) is 0 Å². The quantitative estimate of drug-likeness (QED) is 0.923. The molecule has 0 saturated carbocycles. The predicted molar refractivity (Wildman–Crippen MR) is 73.9 cm³/mol. The van der Waals surface area contributed by atoms with Gasteiger partial charge in [0, 0.05) is 34.8 Å². The summed E-state index contributed by atoms with van der Waals surface area (Å²) < 4.78 is 0. The summed E-state index contributed by atoms with van der Waals surface area (Å²) in [4.78, 5) is 21.5. The molecule has 0 bridgehead atoms. The molecule has 2 aromatic heterocycles. The van der Waals surface area contributed by atoms with Crippen LogP contribution in [0.4, 0.5) is 0 Å². The molecule has 0 saturated heterocycles. The molecule has 96 valence electrons. The molecule has 1 aliphatic heterocycles. The van der Waals surface area contributed by atoms with E-state index in [1.165, 1.54) is 5.56 Å². The molecule has 2 N–H and O–H groups in total. The number of primary amides is 1. The van der Waals surface area contributed by atoms with Crippen LogP contribution in [0.1, 0.15) is 22.7 Å². The Morgan fingerprint density at radius 3 is 3.00 bits per heavy atom. The van der Waals surface area contributed by atoms with E-state index < -0.39 is 5.92 Å². The lowest BCUT2D eigenvalue weighted by molar-refractivity contribution is -0.118. The Kier molecular flexibility index (Phi) is 3.21. The van der Waals surface area contributed by atoms with Crippen LogP contribution < -0.4 is 5.73 Å². The Morgan fingerprint density at radius 2 is 2.26 bits per heavy atom. The van der Waals surface area contributed by atoms with Crippen LogP contribution in [0.25, 0.3) is 0 Å². The molecular weight excluding hydrogens is 258 g/mol. The van der Waals surface area contributed by atoms with Crippen LogP contribution in [0.2, 0.25) is 0 Å². The molecule has 19 heavy (non-hydrogen) atoms. The highest BCUT2D eigenvalue weighted by atomic mass is 32.2. The van der Waals surface area contributed by atoms with E-state index in [-0.39, 0.29) is 5.91 Å². The molecule has 1 unspecified atom stereocenters. The molecule has 0 fully saturated rings. The van der Waals surface area contributed by atoms with Crippen LogP contribution >= 0.6 is 11.8 Å². The van der Waals surface area contributed by atoms with Crippen molar-refractivity contribution in [2.75, 3.05) is 5.75 Å². The van der Waals surface area contributed by atoms with Crippen molar-refractivity contribution in [1.29, 1.82) is 0 Å². The van der Waals surface area contributed by atoms with Crippen molar-refractivity contribution in [1.82, 2.24) is 9.97 Å². The van der Waals surface area contributed by atoms with Gasteiger partial charge in [-0.05, 0) is 24.1 Å². The van der Waals surface area contributed by atoms with Crippen molar-refractivity contribution in [2.45, 2.75) is 17.2 Å². The summed E-state index contributed by atoms with van der Waals surface area (Å²) in [6.45, 7) is 0. The molecule has 2 aromatic rings. The van der Waals surface area contributed by atoms with Crippen LogP contribution in [0.5, 0.6) is 0 Å². The number of aryl methyl sites for hydroxylation is 1. The maximum absolute atomic E-state index is 11.8. The fraction of sp³-hybridized carbons (Fsp3) is 0.214. The molecule has 1 amide bonds. The zero-order valence-corrected chi connectivity index (χ0v) is 11.1. The molecule has 0 spiro atoms. The molecule has 0 aromatic carbocycles. The Morgan fingerprint density at radius 1 is 1.37 bits per heavy atom. The number of rotatable bonds is 3. The maximum atomic E-state index is 11.8. The van der Waals surface area contributed by atoms with Crippen molar-refractivity contribution >= 4 is 17.7 Å². The summed E-state index contributed by atoms with van der Waals surface area (Å²) in [5.41, 5.74) is 8.34. The van der Waals surface area contributed by atoms with Crippen molar-refractivity contribution in [2.24, 2.45) is 5.73 Å². The second-order valence-corrected chi connectivity index (χ2v) is 5.51. The van der Waals surface area contributed by atoms with Gasteiger partial charge < -0.3 is 5.73 Å². The second kappa shape index (κ2) is 5.01. The topological polar surface area (TPSA) is 68.9 Å². The molecule has 5 heteroatoms. The number of thioether (sulfide) groups is 1. The lowest BCUT2D eigenvalue weighted by atomic mass is 9.94. The van der Waals surface area contributed by atoms with Gasteiger partial charge in [-0.25, -0.2) is 0 Å². The van der Waals surface area contributed by atoms with Gasteiger partial charge in [-0.15, -0.1) is 11.8 Å². The highest BCUT2D eigenvalue weighted by molar-refractivity contribution is 7.99. The van der Waals surface area contributed by atoms with Crippen molar-refractivity contribution < 1.29 is 4.79 Å². The Bertz CT molecular complexity index is 615. The highest BCUT2D eigenvalue weighted by Crippen LogP contribution is 2.38. The number of fused-ring (bicyclic) bond motifs is 1. The molecule has 3 rings (SSSR count). The minimum atomic E-state index is -0.519. The van der Waals surface area contributed by atoms with E-state index in [1.54, 1.807) is 24.2 Å². The van der Waals surface area contributed by atoms with Gasteiger partial charge in [0.25, 0.3) is 0 Å². The number of amides is 1. The number of nitrogens with zero attached hydrogens (tertiary/aromatic N) is 2. The number of carbonyl (C=O) groups excluding carboxylic acids is 1. The van der Waals surface area contributed by atoms with Crippen molar-refractivity contribution in [3.05, 3.63) is 53.6 Å². The molecular formula is C14H13N3OS. The number of pyridine rings is 2. The monoisotopic (exact) mass is 271 g/mol. The number of aromatic nitrogens is 2. The maximum Gasteiger partial charge on any atom is 0.231 e. The molecule has 1 atom stereocenters. The third kappa shape index (κ3) is 2.21. The lowest BCUT2D eigenvalue weighted by Gasteiger charge is -2.15. The van der Waals surface area contributed by atoms with Crippen LogP contribution in [-0.4, -0.2) is 21.6 Å². The molecule has 3 heterocycles. The summed E-state index contributed by atoms with van der Waals surface area (Å²) in [7, 11) is 0. The van der Waals surface area contributed by atoms with Crippen LogP contribution in [-0.2, 0) is 11.2 Å². The first-order valence-electron chi connectivity index (χ1n) is 6.07. The van der Waals surface area contributed by atoms with Crippen molar-refractivity contribution in [3.8, 4) is 0 Å². The Labute approximate surface area is 115 Å². The van der Waals surface area contributed by atoms with Gasteiger partial charge in [0.05, 0.1) is 5.69 Å². The van der Waals surface area contributed by atoms with Gasteiger partial charge in [-0.1, -0.05) is 6.07 Å². The average Bonchev–Trinajstić information content (AvgIpc) is 2.89. The summed E-state index contributed by atoms with van der Waals surface area (Å²) in [6, 6.07) is 5.51. The third-order valence-corrected chi connectivity index (χ3v) is 4.39. The SMILES string of the molecule is NC(=O)C(c1ccccn1)c1cncc2c1SCC2. The van der Waals surface area contributed by atoms with Crippen LogP contribution in [0.15, 0.2) is 41.7 Å². The number of nitrogens with two attached hydrogens (primary N) is 1. The number of carbonyl (C=O) groups is 1. The second-order valence-electron chi connectivity index (χ2n) is 4.41. The zero-order chi connectivity index (χ0) is 13.2. The van der Waals surface area contributed by atoms with E-state index in [1.807, 2.05) is 24.4 Å². The van der Waals surface area contributed by atoms with Crippen LogP contribution in [0.3, 0.4) is 0 Å². The first-order chi connectivity index (χ1) is 9.27. The average molecular weight is 271 g/mol. The fourth-order valence-corrected chi connectivity index (χ4v) is 3.54.